The van der Waals surface area contributed by atoms with Crippen molar-refractivity contribution >= 4 is 9.04 Å². The summed E-state index contributed by atoms with van der Waals surface area (Å²) in [5.41, 5.74) is 0. The lowest BCUT2D eigenvalue weighted by atomic mass is 10.6. The number of rotatable bonds is 3. The zero-order valence-corrected chi connectivity index (χ0v) is 5.68. The van der Waals surface area contributed by atoms with Gasteiger partial charge < -0.3 is 4.80 Å². The first-order valence-corrected chi connectivity index (χ1v) is 5.00. The topological polar surface area (TPSA) is 20.2 Å². The van der Waals surface area contributed by atoms with Gasteiger partial charge in [0.15, 0.2) is 9.04 Å². The van der Waals surface area contributed by atoms with Crippen molar-refractivity contribution in [2.75, 3.05) is 6.67 Å². The van der Waals surface area contributed by atoms with Crippen molar-refractivity contribution in [2.45, 2.75) is 19.0 Å². The van der Waals surface area contributed by atoms with Crippen LogP contribution in [-0.2, 0) is 0 Å². The minimum Gasteiger partial charge on any atom is -0.435 e. The van der Waals surface area contributed by atoms with Gasteiger partial charge in [0.1, 0.15) is 0 Å². The van der Waals surface area contributed by atoms with Crippen LogP contribution in [0.3, 0.4) is 0 Å². The van der Waals surface area contributed by atoms with Crippen LogP contribution in [0.15, 0.2) is 0 Å². The van der Waals surface area contributed by atoms with Crippen molar-refractivity contribution < 1.29 is 9.19 Å². The first-order valence-electron chi connectivity index (χ1n) is 2.51. The van der Waals surface area contributed by atoms with Gasteiger partial charge in [-0.25, -0.2) is 0 Å². The fourth-order valence-corrected chi connectivity index (χ4v) is 1.12. The Morgan fingerprint density at radius 1 is 1.71 bits per heavy atom. The molecule has 0 rings (SSSR count). The maximum Gasteiger partial charge on any atom is 0.169 e. The van der Waals surface area contributed by atoms with Gasteiger partial charge in [0.05, 0.1) is 6.67 Å². The second-order valence-electron chi connectivity index (χ2n) is 1.68. The molecule has 1 unspecified atom stereocenters. The van der Waals surface area contributed by atoms with Crippen LogP contribution in [0.5, 0.6) is 0 Å². The zero-order chi connectivity index (χ0) is 5.70. The van der Waals surface area contributed by atoms with Gasteiger partial charge in [-0.3, -0.25) is 4.39 Å². The lowest BCUT2D eigenvalue weighted by molar-refractivity contribution is 0.476. The molecule has 0 saturated carbocycles. The fourth-order valence-electron chi connectivity index (χ4n) is 0.373. The lowest BCUT2D eigenvalue weighted by Crippen LogP contribution is -2.03. The van der Waals surface area contributed by atoms with Crippen LogP contribution in [0.4, 0.5) is 4.39 Å². The van der Waals surface area contributed by atoms with Crippen LogP contribution in [0.1, 0.15) is 6.42 Å². The molecular formula is C4H11FOSi. The monoisotopic (exact) mass is 122 g/mol. The summed E-state index contributed by atoms with van der Waals surface area (Å²) >= 11 is 0. The predicted octanol–water partition coefficient (Wildman–Crippen LogP) is 0.692. The Hall–Kier alpha value is 0.107. The molecule has 0 saturated heterocycles. The SMILES string of the molecule is C[SiH](O)CCCF. The highest BCUT2D eigenvalue weighted by atomic mass is 28.3. The third-order valence-corrected chi connectivity index (χ3v) is 2.00. The number of hydrogen-bond acceptors (Lipinski definition) is 1. The van der Waals surface area contributed by atoms with Crippen molar-refractivity contribution in [3.63, 3.8) is 0 Å². The van der Waals surface area contributed by atoms with Gasteiger partial charge in [0.25, 0.3) is 0 Å². The molecule has 0 fully saturated rings. The zero-order valence-electron chi connectivity index (χ0n) is 4.52. The van der Waals surface area contributed by atoms with Crippen LogP contribution >= 0.6 is 0 Å². The average Bonchev–Trinajstić information content (AvgIpc) is 1.61. The Balaban J connectivity index is 2.68. The summed E-state index contributed by atoms with van der Waals surface area (Å²) in [6.07, 6.45) is 0.546. The Morgan fingerprint density at radius 3 is 2.43 bits per heavy atom. The van der Waals surface area contributed by atoms with E-state index in [-0.39, 0.29) is 6.67 Å². The molecule has 0 aromatic carbocycles. The average molecular weight is 122 g/mol. The maximum atomic E-state index is 11.3. The number of alkyl halides is 1. The predicted molar refractivity (Wildman–Crippen MR) is 30.6 cm³/mol. The molecule has 1 atom stereocenters. The molecule has 0 bridgehead atoms. The molecule has 0 aromatic rings. The maximum absolute atomic E-state index is 11.3. The van der Waals surface area contributed by atoms with Gasteiger partial charge in [-0.15, -0.1) is 0 Å². The second-order valence-corrected chi connectivity index (χ2v) is 3.96. The molecule has 3 heteroatoms. The van der Waals surface area contributed by atoms with E-state index >= 15 is 0 Å². The van der Waals surface area contributed by atoms with Crippen molar-refractivity contribution in [2.24, 2.45) is 0 Å². The minimum absolute atomic E-state index is 0.280. The summed E-state index contributed by atoms with van der Waals surface area (Å²) in [5.74, 6) is 0. The summed E-state index contributed by atoms with van der Waals surface area (Å²) < 4.78 is 11.3. The Labute approximate surface area is 44.9 Å². The summed E-state index contributed by atoms with van der Waals surface area (Å²) in [7, 11) is -1.43. The van der Waals surface area contributed by atoms with E-state index in [2.05, 4.69) is 0 Å². The Kier molecular flexibility index (Phi) is 4.34. The molecule has 0 aliphatic heterocycles. The highest BCUT2D eigenvalue weighted by Gasteiger charge is 1.94. The van der Waals surface area contributed by atoms with E-state index in [1.54, 1.807) is 6.55 Å². The number of hydrogen-bond donors (Lipinski definition) is 1. The van der Waals surface area contributed by atoms with Crippen LogP contribution in [0.25, 0.3) is 0 Å². The van der Waals surface area contributed by atoms with E-state index in [9.17, 15) is 4.39 Å². The molecule has 0 spiro atoms. The smallest absolute Gasteiger partial charge is 0.169 e. The van der Waals surface area contributed by atoms with Crippen molar-refractivity contribution in [1.29, 1.82) is 0 Å². The van der Waals surface area contributed by atoms with Crippen LogP contribution in [0.2, 0.25) is 12.6 Å². The molecule has 44 valence electrons. The minimum atomic E-state index is -1.43. The summed E-state index contributed by atoms with van der Waals surface area (Å²) in [5, 5.41) is 0. The number of halogens is 1. The van der Waals surface area contributed by atoms with E-state index < -0.39 is 9.04 Å². The van der Waals surface area contributed by atoms with Crippen LogP contribution in [-0.4, -0.2) is 20.5 Å². The first kappa shape index (κ1) is 7.11. The highest BCUT2D eigenvalue weighted by Crippen LogP contribution is 1.92. The van der Waals surface area contributed by atoms with Crippen molar-refractivity contribution in [1.82, 2.24) is 0 Å². The first-order chi connectivity index (χ1) is 3.27. The largest absolute Gasteiger partial charge is 0.435 e. The van der Waals surface area contributed by atoms with Gasteiger partial charge in [-0.1, -0.05) is 0 Å². The van der Waals surface area contributed by atoms with E-state index in [1.807, 2.05) is 0 Å². The summed E-state index contributed by atoms with van der Waals surface area (Å²) in [4.78, 5) is 8.66. The van der Waals surface area contributed by atoms with E-state index in [1.165, 1.54) is 0 Å². The van der Waals surface area contributed by atoms with Gasteiger partial charge in [0, 0.05) is 0 Å². The molecule has 0 aliphatic rings. The highest BCUT2D eigenvalue weighted by molar-refractivity contribution is 6.48. The Morgan fingerprint density at radius 2 is 2.29 bits per heavy atom. The standard InChI is InChI=1S/C4H11FOSi/c1-7(6)4-2-3-5/h6-7H,2-4H2,1H3. The van der Waals surface area contributed by atoms with Crippen molar-refractivity contribution in [3.8, 4) is 0 Å². The molecular weight excluding hydrogens is 111 g/mol. The van der Waals surface area contributed by atoms with E-state index in [0.717, 1.165) is 6.04 Å². The van der Waals surface area contributed by atoms with Gasteiger partial charge in [-0.2, -0.15) is 0 Å². The summed E-state index contributed by atoms with van der Waals surface area (Å²) in [6, 6.07) is 0.719. The molecule has 0 heterocycles. The third kappa shape index (κ3) is 6.11. The molecule has 0 aliphatic carbocycles. The second kappa shape index (κ2) is 4.27. The van der Waals surface area contributed by atoms with Crippen LogP contribution < -0.4 is 0 Å². The molecule has 1 nitrogen and oxygen atoms in total. The lowest BCUT2D eigenvalue weighted by Gasteiger charge is -1.94. The van der Waals surface area contributed by atoms with E-state index in [4.69, 9.17) is 4.80 Å². The summed E-state index contributed by atoms with van der Waals surface area (Å²) in [6.45, 7) is 1.52. The molecule has 7 heavy (non-hydrogen) atoms. The third-order valence-electron chi connectivity index (χ3n) is 0.756. The molecule has 0 aromatic heterocycles. The van der Waals surface area contributed by atoms with Gasteiger partial charge in [0.2, 0.25) is 0 Å². The molecule has 1 N–H and O–H groups in total. The molecule has 0 amide bonds. The van der Waals surface area contributed by atoms with E-state index in [0.29, 0.717) is 6.42 Å². The van der Waals surface area contributed by atoms with Crippen LogP contribution in [0, 0.1) is 0 Å². The fraction of sp³-hybridized carbons (Fsp3) is 1.00. The normalized spacial score (nSPS) is 14.1. The van der Waals surface area contributed by atoms with Crippen molar-refractivity contribution in [3.05, 3.63) is 0 Å². The van der Waals surface area contributed by atoms with Gasteiger partial charge in [-0.05, 0) is 19.0 Å². The van der Waals surface area contributed by atoms with Gasteiger partial charge >= 0.3 is 0 Å². The quantitative estimate of drug-likeness (QED) is 0.546. The molecule has 0 radical (unpaired) electrons. The Bertz CT molecular complexity index is 40.7.